The summed E-state index contributed by atoms with van der Waals surface area (Å²) in [5, 5.41) is 5.89. The fourth-order valence-electron chi connectivity index (χ4n) is 1.79. The highest BCUT2D eigenvalue weighted by Crippen LogP contribution is 2.13. The van der Waals surface area contributed by atoms with E-state index in [-0.39, 0.29) is 24.2 Å². The smallest absolute Gasteiger partial charge is 0.330 e. The van der Waals surface area contributed by atoms with E-state index in [1.807, 2.05) is 0 Å². The van der Waals surface area contributed by atoms with Crippen molar-refractivity contribution in [3.8, 4) is 0 Å². The second-order valence-corrected chi connectivity index (χ2v) is 4.65. The Morgan fingerprint density at radius 1 is 1.41 bits per heavy atom. The number of methoxy groups -OCH3 is 1. The molecule has 1 aliphatic heterocycles. The van der Waals surface area contributed by atoms with Gasteiger partial charge in [0.2, 0.25) is 5.91 Å². The van der Waals surface area contributed by atoms with Gasteiger partial charge in [-0.25, -0.2) is 4.79 Å². The second kappa shape index (κ2) is 6.81. The molecule has 0 radical (unpaired) electrons. The van der Waals surface area contributed by atoms with E-state index in [4.69, 9.17) is 0 Å². The molecule has 0 bridgehead atoms. The van der Waals surface area contributed by atoms with Gasteiger partial charge in [0.1, 0.15) is 5.54 Å². The van der Waals surface area contributed by atoms with Crippen LogP contribution in [0.2, 0.25) is 0 Å². The molecule has 0 aliphatic carbocycles. The molecule has 2 N–H and O–H groups in total. The Balaban J connectivity index is 0.00000256. The molecule has 1 rings (SSSR count). The predicted molar refractivity (Wildman–Crippen MR) is 67.1 cm³/mol. The number of ether oxygens (including phenoxy) is 1. The Hall–Kier alpha value is -0.810. The third-order valence-corrected chi connectivity index (χ3v) is 2.80. The van der Waals surface area contributed by atoms with Crippen LogP contribution < -0.4 is 10.6 Å². The van der Waals surface area contributed by atoms with E-state index in [1.165, 1.54) is 7.11 Å². The molecule has 1 saturated heterocycles. The molecule has 0 spiro atoms. The molecule has 0 saturated carbocycles. The van der Waals surface area contributed by atoms with Crippen molar-refractivity contribution in [1.29, 1.82) is 0 Å². The number of carbonyl (C=O) groups is 2. The number of amides is 1. The van der Waals surface area contributed by atoms with Gasteiger partial charge in [-0.2, -0.15) is 0 Å². The first-order valence-corrected chi connectivity index (χ1v) is 5.58. The molecule has 0 aromatic rings. The summed E-state index contributed by atoms with van der Waals surface area (Å²) in [5.74, 6) is -0.551. The number of piperidine rings is 1. The molecule has 0 unspecified atom stereocenters. The van der Waals surface area contributed by atoms with Crippen molar-refractivity contribution < 1.29 is 14.3 Å². The van der Waals surface area contributed by atoms with E-state index < -0.39 is 11.5 Å². The van der Waals surface area contributed by atoms with Crippen LogP contribution in [0.25, 0.3) is 0 Å². The molecular formula is C11H21ClN2O3. The lowest BCUT2D eigenvalue weighted by Gasteiger charge is -2.28. The van der Waals surface area contributed by atoms with Crippen molar-refractivity contribution in [2.45, 2.75) is 32.2 Å². The van der Waals surface area contributed by atoms with Gasteiger partial charge in [-0.05, 0) is 33.2 Å². The Bertz CT molecular complexity index is 276. The standard InChI is InChI=1S/C11H20N2O3.ClH/c1-11(2,10(15)16-3)13-9(14)8-5-4-6-12-7-8;/h8,12H,4-7H2,1-3H3,(H,13,14);1H/t8-;/m1./s1. The zero-order chi connectivity index (χ0) is 12.2. The zero-order valence-corrected chi connectivity index (χ0v) is 11.4. The van der Waals surface area contributed by atoms with Gasteiger partial charge in [0.15, 0.2) is 0 Å². The second-order valence-electron chi connectivity index (χ2n) is 4.65. The monoisotopic (exact) mass is 264 g/mol. The number of hydrogen-bond acceptors (Lipinski definition) is 4. The summed E-state index contributed by atoms with van der Waals surface area (Å²) >= 11 is 0. The summed E-state index contributed by atoms with van der Waals surface area (Å²) in [7, 11) is 1.32. The molecule has 1 aliphatic rings. The first-order chi connectivity index (χ1) is 7.47. The number of halogens is 1. The van der Waals surface area contributed by atoms with Gasteiger partial charge in [-0.3, -0.25) is 4.79 Å². The van der Waals surface area contributed by atoms with E-state index in [0.717, 1.165) is 19.4 Å². The van der Waals surface area contributed by atoms with E-state index >= 15 is 0 Å². The lowest BCUT2D eigenvalue weighted by molar-refractivity contribution is -0.150. The third-order valence-electron chi connectivity index (χ3n) is 2.80. The molecule has 1 amide bonds. The van der Waals surface area contributed by atoms with E-state index in [9.17, 15) is 9.59 Å². The van der Waals surface area contributed by atoms with Crippen LogP contribution in [0.3, 0.4) is 0 Å². The maximum atomic E-state index is 11.9. The molecule has 1 heterocycles. The van der Waals surface area contributed by atoms with Crippen LogP contribution in [0.5, 0.6) is 0 Å². The van der Waals surface area contributed by atoms with Gasteiger partial charge in [0.05, 0.1) is 13.0 Å². The van der Waals surface area contributed by atoms with Crippen LogP contribution in [-0.4, -0.2) is 37.6 Å². The molecule has 100 valence electrons. The molecule has 0 aromatic heterocycles. The van der Waals surface area contributed by atoms with Crippen LogP contribution in [0.15, 0.2) is 0 Å². The fourth-order valence-corrected chi connectivity index (χ4v) is 1.79. The molecule has 1 fully saturated rings. The maximum absolute atomic E-state index is 11.9. The summed E-state index contributed by atoms with van der Waals surface area (Å²) in [6.45, 7) is 4.94. The van der Waals surface area contributed by atoms with Gasteiger partial charge in [-0.1, -0.05) is 0 Å². The maximum Gasteiger partial charge on any atom is 0.330 e. The first kappa shape index (κ1) is 16.2. The summed E-state index contributed by atoms with van der Waals surface area (Å²) in [4.78, 5) is 23.3. The van der Waals surface area contributed by atoms with E-state index in [1.54, 1.807) is 13.8 Å². The van der Waals surface area contributed by atoms with Crippen molar-refractivity contribution in [2.24, 2.45) is 5.92 Å². The molecule has 1 atom stereocenters. The highest BCUT2D eigenvalue weighted by molar-refractivity contribution is 5.88. The summed E-state index contributed by atoms with van der Waals surface area (Å²) in [6.07, 6.45) is 1.87. The van der Waals surface area contributed by atoms with Crippen molar-refractivity contribution in [3.63, 3.8) is 0 Å². The molecule has 6 heteroatoms. The first-order valence-electron chi connectivity index (χ1n) is 5.58. The minimum absolute atomic E-state index is 0. The van der Waals surface area contributed by atoms with Crippen molar-refractivity contribution in [2.75, 3.05) is 20.2 Å². The Morgan fingerprint density at radius 2 is 2.06 bits per heavy atom. The Morgan fingerprint density at radius 3 is 2.53 bits per heavy atom. The van der Waals surface area contributed by atoms with Gasteiger partial charge < -0.3 is 15.4 Å². The number of esters is 1. The van der Waals surface area contributed by atoms with Crippen LogP contribution >= 0.6 is 12.4 Å². The minimum atomic E-state index is -0.955. The average Bonchev–Trinajstić information content (AvgIpc) is 2.28. The van der Waals surface area contributed by atoms with Crippen molar-refractivity contribution >= 4 is 24.3 Å². The molecule has 5 nitrogen and oxygen atoms in total. The largest absolute Gasteiger partial charge is 0.467 e. The quantitative estimate of drug-likeness (QED) is 0.728. The summed E-state index contributed by atoms with van der Waals surface area (Å²) in [5.41, 5.74) is -0.955. The van der Waals surface area contributed by atoms with Crippen molar-refractivity contribution in [3.05, 3.63) is 0 Å². The number of rotatable bonds is 3. The number of nitrogens with one attached hydrogen (secondary N) is 2. The lowest BCUT2D eigenvalue weighted by atomic mass is 9.96. The van der Waals surface area contributed by atoms with Gasteiger partial charge in [-0.15, -0.1) is 12.4 Å². The normalized spacial score (nSPS) is 20.1. The van der Waals surface area contributed by atoms with Crippen LogP contribution in [0, 0.1) is 5.92 Å². The van der Waals surface area contributed by atoms with Crippen molar-refractivity contribution in [1.82, 2.24) is 10.6 Å². The number of hydrogen-bond donors (Lipinski definition) is 2. The highest BCUT2D eigenvalue weighted by atomic mass is 35.5. The highest BCUT2D eigenvalue weighted by Gasteiger charge is 2.33. The number of carbonyl (C=O) groups excluding carboxylic acids is 2. The average molecular weight is 265 g/mol. The van der Waals surface area contributed by atoms with Crippen LogP contribution in [-0.2, 0) is 14.3 Å². The third kappa shape index (κ3) is 4.52. The molecular weight excluding hydrogens is 244 g/mol. The van der Waals surface area contributed by atoms with Crippen LogP contribution in [0.1, 0.15) is 26.7 Å². The van der Waals surface area contributed by atoms with Gasteiger partial charge in [0.25, 0.3) is 0 Å². The van der Waals surface area contributed by atoms with Crippen LogP contribution in [0.4, 0.5) is 0 Å². The SMILES string of the molecule is COC(=O)C(C)(C)NC(=O)[C@@H]1CCCNC1.Cl. The fraction of sp³-hybridized carbons (Fsp3) is 0.818. The predicted octanol–water partition coefficient (Wildman–Crippen LogP) is 0.476. The molecule has 17 heavy (non-hydrogen) atoms. The summed E-state index contributed by atoms with van der Waals surface area (Å²) < 4.78 is 4.63. The summed E-state index contributed by atoms with van der Waals surface area (Å²) in [6, 6.07) is 0. The molecule has 0 aromatic carbocycles. The Kier molecular flexibility index (Phi) is 6.49. The zero-order valence-electron chi connectivity index (χ0n) is 10.5. The Labute approximate surface area is 108 Å². The lowest BCUT2D eigenvalue weighted by Crippen LogP contribution is -2.53. The minimum Gasteiger partial charge on any atom is -0.467 e. The topological polar surface area (TPSA) is 67.4 Å². The van der Waals surface area contributed by atoms with Gasteiger partial charge in [0, 0.05) is 6.54 Å². The van der Waals surface area contributed by atoms with E-state index in [0.29, 0.717) is 6.54 Å². The van der Waals surface area contributed by atoms with E-state index in [2.05, 4.69) is 15.4 Å². The van der Waals surface area contributed by atoms with Gasteiger partial charge >= 0.3 is 5.97 Å².